The molecule has 7 nitrogen and oxygen atoms in total. The average Bonchev–Trinajstić information content (AvgIpc) is 3.30. The molecule has 0 aromatic heterocycles. The van der Waals surface area contributed by atoms with Crippen molar-refractivity contribution in [3.63, 3.8) is 0 Å². The van der Waals surface area contributed by atoms with E-state index in [1.807, 2.05) is 11.2 Å². The van der Waals surface area contributed by atoms with Crippen molar-refractivity contribution in [3.8, 4) is 0 Å². The molecule has 2 aromatic rings. The van der Waals surface area contributed by atoms with Crippen molar-refractivity contribution < 1.29 is 14.3 Å². The first-order valence-electron chi connectivity index (χ1n) is 12.3. The van der Waals surface area contributed by atoms with Gasteiger partial charge in [-0.05, 0) is 75.8 Å². The van der Waals surface area contributed by atoms with Gasteiger partial charge in [-0.3, -0.25) is 9.80 Å². The summed E-state index contributed by atoms with van der Waals surface area (Å²) in [5, 5.41) is 18.0. The highest BCUT2D eigenvalue weighted by Crippen LogP contribution is 2.34. The first-order chi connectivity index (χ1) is 16.7. The van der Waals surface area contributed by atoms with Crippen LogP contribution in [0.3, 0.4) is 0 Å². The summed E-state index contributed by atoms with van der Waals surface area (Å²) in [4.78, 5) is 18.9. The van der Waals surface area contributed by atoms with Crippen LogP contribution in [0.25, 0.3) is 0 Å². The van der Waals surface area contributed by atoms with E-state index in [9.17, 15) is 14.3 Å². The van der Waals surface area contributed by atoms with Crippen LogP contribution >= 0.6 is 0 Å². The molecule has 1 atom stereocenters. The van der Waals surface area contributed by atoms with Crippen LogP contribution < -0.4 is 9.91 Å². The Balaban J connectivity index is 1.37. The number of anilines is 2. The Morgan fingerprint density at radius 2 is 1.83 bits per heavy atom. The van der Waals surface area contributed by atoms with Crippen LogP contribution in [0, 0.1) is 5.82 Å². The molecule has 4 rings (SSSR count). The second-order valence-corrected chi connectivity index (χ2v) is 10.0. The molecule has 0 aliphatic carbocycles. The summed E-state index contributed by atoms with van der Waals surface area (Å²) in [5.41, 5.74) is 1.78. The lowest BCUT2D eigenvalue weighted by Gasteiger charge is -2.40. The van der Waals surface area contributed by atoms with Crippen LogP contribution in [-0.4, -0.2) is 86.0 Å². The second kappa shape index (κ2) is 10.7. The highest BCUT2D eigenvalue weighted by atomic mass is 19.1. The molecule has 2 heterocycles. The van der Waals surface area contributed by atoms with Crippen molar-refractivity contribution in [3.05, 3.63) is 59.9 Å². The van der Waals surface area contributed by atoms with Gasteiger partial charge < -0.3 is 19.8 Å². The zero-order valence-electron chi connectivity index (χ0n) is 20.9. The average molecular weight is 482 g/mol. The Morgan fingerprint density at radius 3 is 2.51 bits per heavy atom. The predicted octanol–water partition coefficient (Wildman–Crippen LogP) is 3.45. The molecular formula is C27H36FN5O2. The van der Waals surface area contributed by atoms with Gasteiger partial charge in [-0.25, -0.2) is 4.39 Å². The number of hydrogen-bond acceptors (Lipinski definition) is 6. The van der Waals surface area contributed by atoms with Crippen LogP contribution in [0.1, 0.15) is 36.0 Å². The first-order valence-corrected chi connectivity index (χ1v) is 12.3. The number of halogens is 1. The molecule has 1 amide bonds. The number of carbonyl (C=O) groups excluding carboxylic acids is 1. The molecule has 0 bridgehead atoms. The van der Waals surface area contributed by atoms with Crippen LogP contribution in [0.15, 0.2) is 53.6 Å². The van der Waals surface area contributed by atoms with Crippen LogP contribution in [0.5, 0.6) is 0 Å². The lowest BCUT2D eigenvalue weighted by Crippen LogP contribution is -2.49. The minimum Gasteiger partial charge on any atom is -0.390 e. The highest BCUT2D eigenvalue weighted by Gasteiger charge is 2.38. The molecule has 2 aromatic carbocycles. The number of hydrogen-bond donors (Lipinski definition) is 1. The normalized spacial score (nSPS) is 19.4. The monoisotopic (exact) mass is 481 g/mol. The van der Waals surface area contributed by atoms with E-state index in [4.69, 9.17) is 0 Å². The molecule has 0 saturated carbocycles. The molecule has 0 radical (unpaired) electrons. The number of likely N-dealkylation sites (N-methyl/N-ethyl adjacent to an activating group) is 2. The molecule has 2 aliphatic rings. The number of amides is 1. The summed E-state index contributed by atoms with van der Waals surface area (Å²) in [6, 6.07) is 14.1. The van der Waals surface area contributed by atoms with Gasteiger partial charge in [-0.2, -0.15) is 5.10 Å². The molecule has 1 fully saturated rings. The van der Waals surface area contributed by atoms with Crippen molar-refractivity contribution >= 4 is 23.5 Å². The van der Waals surface area contributed by atoms with Crippen LogP contribution in [0.4, 0.5) is 15.8 Å². The summed E-state index contributed by atoms with van der Waals surface area (Å²) in [7, 11) is 6.24. The fraction of sp³-hybridized carbons (Fsp3) is 0.481. The number of benzene rings is 2. The number of likely N-dealkylation sites (tertiary alicyclic amines) is 1. The third-order valence-electron chi connectivity index (χ3n) is 7.04. The summed E-state index contributed by atoms with van der Waals surface area (Å²) in [6.07, 6.45) is 4.31. The Kier molecular flexibility index (Phi) is 7.72. The highest BCUT2D eigenvalue weighted by molar-refractivity contribution is 5.94. The van der Waals surface area contributed by atoms with Gasteiger partial charge in [0, 0.05) is 57.1 Å². The molecule has 188 valence electrons. The van der Waals surface area contributed by atoms with Gasteiger partial charge in [0.15, 0.2) is 0 Å². The molecule has 8 heteroatoms. The van der Waals surface area contributed by atoms with E-state index in [0.29, 0.717) is 37.9 Å². The van der Waals surface area contributed by atoms with Crippen molar-refractivity contribution in [2.24, 2.45) is 5.10 Å². The number of hydrazone groups is 1. The molecule has 2 aliphatic heterocycles. The molecular weight excluding hydrogens is 445 g/mol. The third-order valence-corrected chi connectivity index (χ3v) is 7.04. The number of rotatable bonds is 8. The largest absolute Gasteiger partial charge is 0.390 e. The maximum atomic E-state index is 13.2. The van der Waals surface area contributed by atoms with Gasteiger partial charge in [-0.1, -0.05) is 6.07 Å². The lowest BCUT2D eigenvalue weighted by atomic mass is 9.84. The summed E-state index contributed by atoms with van der Waals surface area (Å²) in [6.45, 7) is 2.86. The smallest absolute Gasteiger partial charge is 0.253 e. The Bertz CT molecular complexity index is 1030. The first kappa shape index (κ1) is 25.1. The topological polar surface area (TPSA) is 62.6 Å². The van der Waals surface area contributed by atoms with E-state index in [1.165, 1.54) is 24.3 Å². The van der Waals surface area contributed by atoms with Crippen molar-refractivity contribution in [2.75, 3.05) is 57.2 Å². The number of aliphatic hydroxyl groups is 1. The maximum Gasteiger partial charge on any atom is 0.253 e. The van der Waals surface area contributed by atoms with Gasteiger partial charge >= 0.3 is 0 Å². The number of piperidine rings is 1. The molecule has 1 saturated heterocycles. The zero-order chi connectivity index (χ0) is 25.0. The van der Waals surface area contributed by atoms with Gasteiger partial charge in [0.25, 0.3) is 5.91 Å². The predicted molar refractivity (Wildman–Crippen MR) is 139 cm³/mol. The van der Waals surface area contributed by atoms with E-state index in [2.05, 4.69) is 60.3 Å². The van der Waals surface area contributed by atoms with E-state index < -0.39 is 5.60 Å². The Hall–Kier alpha value is -2.97. The van der Waals surface area contributed by atoms with E-state index in [-0.39, 0.29) is 17.8 Å². The minimum absolute atomic E-state index is 0.0710. The van der Waals surface area contributed by atoms with Gasteiger partial charge in [-0.15, -0.1) is 0 Å². The second-order valence-electron chi connectivity index (χ2n) is 10.0. The number of nitrogens with zero attached hydrogens (tertiary/aromatic N) is 5. The van der Waals surface area contributed by atoms with Crippen LogP contribution in [-0.2, 0) is 0 Å². The van der Waals surface area contributed by atoms with Gasteiger partial charge in [0.1, 0.15) is 5.82 Å². The van der Waals surface area contributed by atoms with E-state index in [1.54, 1.807) is 4.90 Å². The molecule has 1 unspecified atom stereocenters. The Labute approximate surface area is 207 Å². The quantitative estimate of drug-likeness (QED) is 0.626. The van der Waals surface area contributed by atoms with Gasteiger partial charge in [0.2, 0.25) is 0 Å². The summed E-state index contributed by atoms with van der Waals surface area (Å²) >= 11 is 0. The van der Waals surface area contributed by atoms with Crippen LogP contribution in [0.2, 0.25) is 0 Å². The molecule has 35 heavy (non-hydrogen) atoms. The van der Waals surface area contributed by atoms with Crippen molar-refractivity contribution in [1.29, 1.82) is 0 Å². The lowest BCUT2D eigenvalue weighted by molar-refractivity contribution is -0.0268. The third kappa shape index (κ3) is 6.18. The van der Waals surface area contributed by atoms with Crippen molar-refractivity contribution in [1.82, 2.24) is 9.80 Å². The molecule has 0 spiro atoms. The SMILES string of the molecule is CN(C)CCN(C)c1cccc(N2N=CCC2CC2(O)CCN(C(=O)c3ccc(F)cc3)CC2)c1. The van der Waals surface area contributed by atoms with Gasteiger partial charge in [0.05, 0.1) is 17.3 Å². The fourth-order valence-corrected chi connectivity index (χ4v) is 4.79. The molecule has 1 N–H and O–H groups in total. The number of carbonyl (C=O) groups is 1. The summed E-state index contributed by atoms with van der Waals surface area (Å²) in [5.74, 6) is -0.475. The van der Waals surface area contributed by atoms with E-state index in [0.717, 1.165) is 30.9 Å². The minimum atomic E-state index is -0.851. The van der Waals surface area contributed by atoms with Crippen molar-refractivity contribution in [2.45, 2.75) is 37.3 Å². The maximum absolute atomic E-state index is 13.2. The summed E-state index contributed by atoms with van der Waals surface area (Å²) < 4.78 is 13.2. The fourth-order valence-electron chi connectivity index (χ4n) is 4.79. The van der Waals surface area contributed by atoms with E-state index >= 15 is 0 Å². The standard InChI is InChI=1S/C27H36FN5O2/c1-30(2)17-18-31(3)23-5-4-6-24(19-23)33-25(11-14-29-33)20-27(35)12-15-32(16-13-27)26(34)21-7-9-22(28)10-8-21/h4-10,14,19,25,35H,11-13,15-18,20H2,1-3H3. The zero-order valence-corrected chi connectivity index (χ0v) is 20.9. The Morgan fingerprint density at radius 1 is 1.11 bits per heavy atom.